The molecule has 0 spiro atoms. The quantitative estimate of drug-likeness (QED) is 0.569. The molecule has 0 aliphatic heterocycles. The van der Waals surface area contributed by atoms with E-state index >= 15 is 0 Å². The molecule has 78 valence electrons. The summed E-state index contributed by atoms with van der Waals surface area (Å²) in [5.74, 6) is -0.373. The van der Waals surface area contributed by atoms with Crippen molar-refractivity contribution >= 4 is 5.97 Å². The lowest BCUT2D eigenvalue weighted by Gasteiger charge is -1.98. The van der Waals surface area contributed by atoms with Crippen LogP contribution in [0.25, 0.3) is 0 Å². The smallest absolute Gasteiger partial charge is 0.345 e. The molecule has 0 radical (unpaired) electrons. The first-order chi connectivity index (χ1) is 7.15. The third-order valence-electron chi connectivity index (χ3n) is 1.78. The van der Waals surface area contributed by atoms with Crippen LogP contribution in [0.2, 0.25) is 0 Å². The Morgan fingerprint density at radius 3 is 2.33 bits per heavy atom. The van der Waals surface area contributed by atoms with Gasteiger partial charge in [0.1, 0.15) is 0 Å². The average molecular weight is 208 g/mol. The highest BCUT2D eigenvalue weighted by atomic mass is 16.5. The molecule has 0 unspecified atom stereocenters. The second kappa shape index (κ2) is 3.41. The molecule has 0 saturated heterocycles. The summed E-state index contributed by atoms with van der Waals surface area (Å²) >= 11 is 0. The predicted octanol–water partition coefficient (Wildman–Crippen LogP) is 0.983. The third-order valence-corrected chi connectivity index (χ3v) is 1.78. The number of carbonyl (C=O) groups is 1. The van der Waals surface area contributed by atoms with Crippen molar-refractivity contribution in [3.05, 3.63) is 42.5 Å². The molecule has 15 heavy (non-hydrogen) atoms. The van der Waals surface area contributed by atoms with Crippen molar-refractivity contribution < 1.29 is 19.9 Å². The fourth-order valence-electron chi connectivity index (χ4n) is 1.10. The number of carbonyl (C=O) groups excluding carboxylic acids is 1. The number of ether oxygens (including phenoxy) is 1. The van der Waals surface area contributed by atoms with Crippen molar-refractivity contribution in [2.45, 2.75) is 0 Å². The molecule has 2 rings (SSSR count). The Morgan fingerprint density at radius 2 is 1.80 bits per heavy atom. The summed E-state index contributed by atoms with van der Waals surface area (Å²) in [4.78, 5) is 11.4. The maximum atomic E-state index is 11.4. The number of hydrogen-bond donors (Lipinski definition) is 2. The Hall–Kier alpha value is -2.37. The first-order valence-corrected chi connectivity index (χ1v) is 4.12. The van der Waals surface area contributed by atoms with Crippen LogP contribution >= 0.6 is 0 Å². The maximum absolute atomic E-state index is 11.4. The van der Waals surface area contributed by atoms with E-state index < -0.39 is 5.97 Å². The summed E-state index contributed by atoms with van der Waals surface area (Å²) in [6.07, 6.45) is 5.11. The lowest BCUT2D eigenvalue weighted by atomic mass is 10.3. The maximum Gasteiger partial charge on any atom is 0.345 e. The molecule has 0 saturated carbocycles. The van der Waals surface area contributed by atoms with Crippen molar-refractivity contribution in [1.29, 1.82) is 0 Å². The SMILES string of the molecule is O=C(Oc1ccn(O)c1)c1ccn(O)c1. The molecule has 0 atom stereocenters. The molecule has 0 fully saturated rings. The fraction of sp³-hybridized carbons (Fsp3) is 0. The van der Waals surface area contributed by atoms with E-state index in [9.17, 15) is 4.79 Å². The van der Waals surface area contributed by atoms with E-state index in [0.29, 0.717) is 0 Å². The summed E-state index contributed by atoms with van der Waals surface area (Å²) < 4.78 is 6.43. The second-order valence-corrected chi connectivity index (χ2v) is 2.90. The van der Waals surface area contributed by atoms with Gasteiger partial charge in [0, 0.05) is 18.5 Å². The van der Waals surface area contributed by atoms with Crippen molar-refractivity contribution in [2.75, 3.05) is 0 Å². The number of aromatic nitrogens is 2. The molecule has 0 aromatic carbocycles. The van der Waals surface area contributed by atoms with Crippen LogP contribution in [0.15, 0.2) is 36.9 Å². The fourth-order valence-corrected chi connectivity index (χ4v) is 1.10. The van der Waals surface area contributed by atoms with Crippen LogP contribution in [0.3, 0.4) is 0 Å². The van der Waals surface area contributed by atoms with Crippen molar-refractivity contribution in [3.63, 3.8) is 0 Å². The van der Waals surface area contributed by atoms with Gasteiger partial charge in [-0.2, -0.15) is 4.73 Å². The zero-order valence-corrected chi connectivity index (χ0v) is 7.57. The Labute approximate surface area is 84.5 Å². The van der Waals surface area contributed by atoms with Gasteiger partial charge in [0.05, 0.1) is 18.0 Å². The number of hydrogen-bond acceptors (Lipinski definition) is 4. The van der Waals surface area contributed by atoms with Crippen LogP contribution in [0.4, 0.5) is 0 Å². The summed E-state index contributed by atoms with van der Waals surface area (Å²) in [6.45, 7) is 0. The summed E-state index contributed by atoms with van der Waals surface area (Å²) in [5, 5.41) is 17.9. The molecule has 0 aliphatic carbocycles. The molecule has 2 heterocycles. The molecular formula is C9H8N2O4. The molecule has 2 aromatic heterocycles. The topological polar surface area (TPSA) is 76.6 Å². The van der Waals surface area contributed by atoms with Crippen LogP contribution in [-0.2, 0) is 0 Å². The zero-order chi connectivity index (χ0) is 10.8. The van der Waals surface area contributed by atoms with E-state index in [2.05, 4.69) is 0 Å². The van der Waals surface area contributed by atoms with E-state index in [0.717, 1.165) is 9.46 Å². The lowest BCUT2D eigenvalue weighted by Crippen LogP contribution is -2.06. The monoisotopic (exact) mass is 208 g/mol. The predicted molar refractivity (Wildman–Crippen MR) is 48.2 cm³/mol. The number of rotatable bonds is 2. The van der Waals surface area contributed by atoms with Gasteiger partial charge in [-0.15, -0.1) is 0 Å². The van der Waals surface area contributed by atoms with Gasteiger partial charge < -0.3 is 15.2 Å². The number of esters is 1. The summed E-state index contributed by atoms with van der Waals surface area (Å²) in [7, 11) is 0. The van der Waals surface area contributed by atoms with Crippen molar-refractivity contribution in [3.8, 4) is 5.75 Å². The molecule has 0 aliphatic rings. The highest BCUT2D eigenvalue weighted by molar-refractivity contribution is 5.90. The van der Waals surface area contributed by atoms with Gasteiger partial charge in [-0.25, -0.2) is 9.52 Å². The average Bonchev–Trinajstić information content (AvgIpc) is 2.75. The standard InChI is InChI=1S/C9H8N2O4/c12-9(7-1-3-10(13)5-7)15-8-2-4-11(14)6-8/h1-6,13-14H. The largest absolute Gasteiger partial charge is 0.429 e. The first kappa shape index (κ1) is 9.20. The van der Waals surface area contributed by atoms with Crippen LogP contribution in [0.5, 0.6) is 5.75 Å². The van der Waals surface area contributed by atoms with Crippen molar-refractivity contribution in [1.82, 2.24) is 9.46 Å². The highest BCUT2D eigenvalue weighted by Gasteiger charge is 2.10. The van der Waals surface area contributed by atoms with Gasteiger partial charge in [-0.3, -0.25) is 0 Å². The van der Waals surface area contributed by atoms with Crippen LogP contribution in [0.1, 0.15) is 10.4 Å². The van der Waals surface area contributed by atoms with E-state index in [1.807, 2.05) is 0 Å². The molecule has 2 aromatic rings. The molecule has 2 N–H and O–H groups in total. The minimum Gasteiger partial charge on any atom is -0.429 e. The van der Waals surface area contributed by atoms with Crippen LogP contribution in [0, 0.1) is 0 Å². The van der Waals surface area contributed by atoms with E-state index in [4.69, 9.17) is 15.2 Å². The van der Waals surface area contributed by atoms with Gasteiger partial charge in [-0.05, 0) is 6.07 Å². The van der Waals surface area contributed by atoms with Gasteiger partial charge in [-0.1, -0.05) is 0 Å². The molecule has 0 bridgehead atoms. The van der Waals surface area contributed by atoms with Crippen LogP contribution < -0.4 is 4.74 Å². The van der Waals surface area contributed by atoms with E-state index in [1.54, 1.807) is 0 Å². The summed E-state index contributed by atoms with van der Waals surface area (Å²) in [5.41, 5.74) is 0.225. The van der Waals surface area contributed by atoms with Gasteiger partial charge in [0.2, 0.25) is 0 Å². The Bertz CT molecular complexity index is 486. The highest BCUT2D eigenvalue weighted by Crippen LogP contribution is 2.12. The molecular weight excluding hydrogens is 200 g/mol. The van der Waals surface area contributed by atoms with E-state index in [-0.39, 0.29) is 11.3 Å². The van der Waals surface area contributed by atoms with Crippen LogP contribution in [-0.4, -0.2) is 25.8 Å². The first-order valence-electron chi connectivity index (χ1n) is 4.12. The third kappa shape index (κ3) is 1.93. The minimum absolute atomic E-state index is 0.225. The summed E-state index contributed by atoms with van der Waals surface area (Å²) in [6, 6.07) is 2.85. The Morgan fingerprint density at radius 1 is 1.13 bits per heavy atom. The Kier molecular flexibility index (Phi) is 2.09. The second-order valence-electron chi connectivity index (χ2n) is 2.90. The van der Waals surface area contributed by atoms with Crippen molar-refractivity contribution in [2.24, 2.45) is 0 Å². The molecule has 6 heteroatoms. The number of nitrogens with zero attached hydrogens (tertiary/aromatic N) is 2. The lowest BCUT2D eigenvalue weighted by molar-refractivity contribution is 0.0730. The van der Waals surface area contributed by atoms with Gasteiger partial charge >= 0.3 is 5.97 Å². The molecule has 6 nitrogen and oxygen atoms in total. The van der Waals surface area contributed by atoms with Gasteiger partial charge in [0.15, 0.2) is 5.75 Å². The van der Waals surface area contributed by atoms with Gasteiger partial charge in [0.25, 0.3) is 0 Å². The molecule has 0 amide bonds. The van der Waals surface area contributed by atoms with E-state index in [1.165, 1.54) is 36.9 Å². The zero-order valence-electron chi connectivity index (χ0n) is 7.57. The minimum atomic E-state index is -0.603. The Balaban J connectivity index is 2.10. The normalized spacial score (nSPS) is 10.1.